The molecule has 3 atom stereocenters. The standard InChI is InChI=1S/C26H34O3Si/c1-5-6-9-18-23(24-19-26(28-24)20-27-26)29-30(25(2,3)4,21-14-10-7-11-15-21)22-16-12-8-13-17-22/h6-17,23-24H,5,18-20H2,1-4H3/b9-6+/t23-,24-,26?/m1/s1. The van der Waals surface area contributed by atoms with Crippen LogP contribution in [0.2, 0.25) is 5.04 Å². The lowest BCUT2D eigenvalue weighted by Gasteiger charge is -2.48. The van der Waals surface area contributed by atoms with Gasteiger partial charge in [0.1, 0.15) is 6.61 Å². The zero-order valence-corrected chi connectivity index (χ0v) is 19.6. The van der Waals surface area contributed by atoms with Crippen LogP contribution in [0.4, 0.5) is 0 Å². The third-order valence-corrected chi connectivity index (χ3v) is 11.3. The van der Waals surface area contributed by atoms with Gasteiger partial charge in [-0.25, -0.2) is 0 Å². The van der Waals surface area contributed by atoms with E-state index < -0.39 is 8.32 Å². The van der Waals surface area contributed by atoms with Gasteiger partial charge in [-0.05, 0) is 28.3 Å². The van der Waals surface area contributed by atoms with E-state index in [1.165, 1.54) is 10.4 Å². The van der Waals surface area contributed by atoms with Gasteiger partial charge in [-0.15, -0.1) is 0 Å². The molecule has 3 nitrogen and oxygen atoms in total. The zero-order valence-electron chi connectivity index (χ0n) is 18.6. The van der Waals surface area contributed by atoms with E-state index in [4.69, 9.17) is 13.9 Å². The Morgan fingerprint density at radius 2 is 1.57 bits per heavy atom. The molecule has 0 bridgehead atoms. The van der Waals surface area contributed by atoms with Crippen molar-refractivity contribution in [1.82, 2.24) is 0 Å². The average Bonchev–Trinajstić information content (AvgIpc) is 3.51. The topological polar surface area (TPSA) is 31.0 Å². The Bertz CT molecular complexity index is 805. The highest BCUT2D eigenvalue weighted by Crippen LogP contribution is 2.48. The molecule has 2 aromatic carbocycles. The summed E-state index contributed by atoms with van der Waals surface area (Å²) in [5.41, 5.74) is 0. The van der Waals surface area contributed by atoms with Gasteiger partial charge < -0.3 is 13.9 Å². The second-order valence-corrected chi connectivity index (χ2v) is 13.7. The number of hydrogen-bond donors (Lipinski definition) is 0. The van der Waals surface area contributed by atoms with Crippen molar-refractivity contribution in [3.8, 4) is 0 Å². The molecule has 1 unspecified atom stereocenters. The second kappa shape index (κ2) is 8.43. The third kappa shape index (κ3) is 4.06. The Kier molecular flexibility index (Phi) is 6.04. The SMILES string of the molecule is CC/C=C/C[C@@H](O[Si](c1ccccc1)(c1ccccc1)C(C)(C)C)[C@H]1CC2(CO2)O1. The first kappa shape index (κ1) is 21.5. The van der Waals surface area contributed by atoms with Crippen LogP contribution in [-0.2, 0) is 13.9 Å². The van der Waals surface area contributed by atoms with Gasteiger partial charge in [-0.2, -0.15) is 0 Å². The Hall–Kier alpha value is -1.72. The molecule has 4 rings (SSSR count). The first-order valence-corrected chi connectivity index (χ1v) is 13.1. The minimum atomic E-state index is -2.60. The summed E-state index contributed by atoms with van der Waals surface area (Å²) in [7, 11) is -2.60. The van der Waals surface area contributed by atoms with Crippen LogP contribution in [0.5, 0.6) is 0 Å². The maximum Gasteiger partial charge on any atom is 0.261 e. The number of allylic oxidation sites excluding steroid dienone is 1. The summed E-state index contributed by atoms with van der Waals surface area (Å²) < 4.78 is 19.1. The summed E-state index contributed by atoms with van der Waals surface area (Å²) in [6.45, 7) is 9.86. The highest BCUT2D eigenvalue weighted by Gasteiger charge is 2.61. The van der Waals surface area contributed by atoms with Crippen molar-refractivity contribution in [1.29, 1.82) is 0 Å². The Morgan fingerprint density at radius 1 is 1.03 bits per heavy atom. The number of ether oxygens (including phenoxy) is 2. The predicted octanol–water partition coefficient (Wildman–Crippen LogP) is 4.80. The molecule has 2 aromatic rings. The van der Waals surface area contributed by atoms with Crippen LogP contribution >= 0.6 is 0 Å². The van der Waals surface area contributed by atoms with E-state index >= 15 is 0 Å². The summed E-state index contributed by atoms with van der Waals surface area (Å²) >= 11 is 0. The van der Waals surface area contributed by atoms with Crippen LogP contribution in [0.1, 0.15) is 47.0 Å². The molecule has 0 aromatic heterocycles. The molecule has 4 heteroatoms. The molecular weight excluding hydrogens is 388 g/mol. The fourth-order valence-electron chi connectivity index (χ4n) is 4.64. The van der Waals surface area contributed by atoms with Crippen LogP contribution in [0.25, 0.3) is 0 Å². The fourth-order valence-corrected chi connectivity index (χ4v) is 9.35. The van der Waals surface area contributed by atoms with Crippen LogP contribution < -0.4 is 10.4 Å². The number of rotatable bonds is 8. The minimum absolute atomic E-state index is 0.00827. The zero-order chi connectivity index (χ0) is 21.2. The van der Waals surface area contributed by atoms with E-state index in [0.717, 1.165) is 25.9 Å². The van der Waals surface area contributed by atoms with Gasteiger partial charge in [0.2, 0.25) is 0 Å². The van der Waals surface area contributed by atoms with E-state index in [-0.39, 0.29) is 23.0 Å². The summed E-state index contributed by atoms with van der Waals surface area (Å²) in [5, 5.41) is 2.58. The largest absolute Gasteiger partial charge is 0.401 e. The highest BCUT2D eigenvalue weighted by atomic mass is 28.4. The van der Waals surface area contributed by atoms with Gasteiger partial charge in [0, 0.05) is 6.42 Å². The smallest absolute Gasteiger partial charge is 0.261 e. The number of epoxide rings is 1. The van der Waals surface area contributed by atoms with Crippen molar-refractivity contribution < 1.29 is 13.9 Å². The lowest BCUT2D eigenvalue weighted by atomic mass is 9.98. The van der Waals surface area contributed by atoms with Gasteiger partial charge in [0.15, 0.2) is 5.79 Å². The molecule has 1 spiro atoms. The molecule has 2 saturated heterocycles. The van der Waals surface area contributed by atoms with Crippen molar-refractivity contribution in [2.75, 3.05) is 6.61 Å². The van der Waals surface area contributed by atoms with E-state index in [1.54, 1.807) is 0 Å². The van der Waals surface area contributed by atoms with Crippen LogP contribution in [0, 0.1) is 0 Å². The van der Waals surface area contributed by atoms with Crippen LogP contribution in [-0.4, -0.2) is 32.9 Å². The van der Waals surface area contributed by atoms with E-state index in [9.17, 15) is 0 Å². The number of hydrogen-bond acceptors (Lipinski definition) is 3. The van der Waals surface area contributed by atoms with Crippen molar-refractivity contribution in [3.05, 3.63) is 72.8 Å². The van der Waals surface area contributed by atoms with Crippen molar-refractivity contribution in [2.24, 2.45) is 0 Å². The van der Waals surface area contributed by atoms with Crippen molar-refractivity contribution in [3.63, 3.8) is 0 Å². The van der Waals surface area contributed by atoms with Crippen molar-refractivity contribution >= 4 is 18.7 Å². The summed E-state index contributed by atoms with van der Waals surface area (Å²) in [5.74, 6) is -0.299. The minimum Gasteiger partial charge on any atom is -0.401 e. The van der Waals surface area contributed by atoms with Gasteiger partial charge in [0.25, 0.3) is 8.32 Å². The molecule has 0 aliphatic carbocycles. The third-order valence-electron chi connectivity index (χ3n) is 6.28. The summed E-state index contributed by atoms with van der Waals surface area (Å²) in [4.78, 5) is 0. The lowest BCUT2D eigenvalue weighted by Crippen LogP contribution is -2.69. The molecule has 0 N–H and O–H groups in total. The van der Waals surface area contributed by atoms with Gasteiger partial charge in [0.05, 0.1) is 12.2 Å². The number of benzene rings is 2. The molecule has 0 saturated carbocycles. The molecule has 30 heavy (non-hydrogen) atoms. The van der Waals surface area contributed by atoms with Crippen molar-refractivity contribution in [2.45, 2.75) is 70.0 Å². The van der Waals surface area contributed by atoms with Gasteiger partial charge in [-0.1, -0.05) is 101 Å². The molecule has 0 radical (unpaired) electrons. The Labute approximate surface area is 182 Å². The normalized spacial score (nSPS) is 24.7. The molecule has 0 amide bonds. The predicted molar refractivity (Wildman–Crippen MR) is 125 cm³/mol. The molecule has 2 fully saturated rings. The van der Waals surface area contributed by atoms with E-state index in [1.807, 2.05) is 0 Å². The maximum atomic E-state index is 7.35. The quantitative estimate of drug-likeness (QED) is 0.348. The Balaban J connectivity index is 1.76. The first-order valence-electron chi connectivity index (χ1n) is 11.2. The van der Waals surface area contributed by atoms with E-state index in [2.05, 4.69) is 101 Å². The molecule has 2 heterocycles. The maximum absolute atomic E-state index is 7.35. The molecule has 160 valence electrons. The molecule has 2 aliphatic heterocycles. The van der Waals surface area contributed by atoms with Crippen LogP contribution in [0.3, 0.4) is 0 Å². The monoisotopic (exact) mass is 422 g/mol. The summed E-state index contributed by atoms with van der Waals surface area (Å²) in [6, 6.07) is 21.7. The lowest BCUT2D eigenvalue weighted by molar-refractivity contribution is -0.226. The first-order chi connectivity index (χ1) is 14.4. The van der Waals surface area contributed by atoms with Gasteiger partial charge >= 0.3 is 0 Å². The van der Waals surface area contributed by atoms with E-state index in [0.29, 0.717) is 0 Å². The Morgan fingerprint density at radius 3 is 2.00 bits per heavy atom. The average molecular weight is 423 g/mol. The van der Waals surface area contributed by atoms with Crippen LogP contribution in [0.15, 0.2) is 72.8 Å². The van der Waals surface area contributed by atoms with Gasteiger partial charge in [-0.3, -0.25) is 0 Å². The molecular formula is C26H34O3Si. The fraction of sp³-hybridized carbons (Fsp3) is 0.462. The summed E-state index contributed by atoms with van der Waals surface area (Å²) in [6.07, 6.45) is 7.39. The second-order valence-electron chi connectivity index (χ2n) is 9.49. The highest BCUT2D eigenvalue weighted by molar-refractivity contribution is 6.99. The molecule has 2 aliphatic rings.